The van der Waals surface area contributed by atoms with E-state index < -0.39 is 0 Å². The van der Waals surface area contributed by atoms with Gasteiger partial charge in [-0.1, -0.05) is 18.2 Å². The van der Waals surface area contributed by atoms with Crippen LogP contribution in [-0.4, -0.2) is 43.1 Å². The standard InChI is InChI=1S/C14H20N2O2/c1-15(2)14(18)8-10-16-9-7-13(17)11-5-3-4-6-12(11)16/h3-6,13,17H,7-10H2,1-2H3. The number of carbonyl (C=O) groups excluding carboxylic acids is 1. The number of hydrogen-bond donors (Lipinski definition) is 1. The summed E-state index contributed by atoms with van der Waals surface area (Å²) in [4.78, 5) is 15.4. The molecule has 0 aliphatic carbocycles. The van der Waals surface area contributed by atoms with Crippen LogP contribution in [0.1, 0.15) is 24.5 Å². The van der Waals surface area contributed by atoms with Crippen LogP contribution in [0.15, 0.2) is 24.3 Å². The predicted molar refractivity (Wildman–Crippen MR) is 71.5 cm³/mol. The first-order chi connectivity index (χ1) is 8.59. The lowest BCUT2D eigenvalue weighted by atomic mass is 9.99. The first-order valence-electron chi connectivity index (χ1n) is 6.31. The number of anilines is 1. The Morgan fingerprint density at radius 1 is 1.44 bits per heavy atom. The highest BCUT2D eigenvalue weighted by molar-refractivity contribution is 5.76. The second kappa shape index (κ2) is 5.40. The van der Waals surface area contributed by atoms with Gasteiger partial charge in [-0.2, -0.15) is 0 Å². The summed E-state index contributed by atoms with van der Waals surface area (Å²) in [6, 6.07) is 7.88. The van der Waals surface area contributed by atoms with Gasteiger partial charge < -0.3 is 14.9 Å². The van der Waals surface area contributed by atoms with Gasteiger partial charge in [0.25, 0.3) is 0 Å². The molecule has 4 heteroatoms. The number of nitrogens with zero attached hydrogens (tertiary/aromatic N) is 2. The van der Waals surface area contributed by atoms with Crippen molar-refractivity contribution >= 4 is 11.6 Å². The van der Waals surface area contributed by atoms with Crippen molar-refractivity contribution < 1.29 is 9.90 Å². The van der Waals surface area contributed by atoms with Crippen molar-refractivity contribution in [2.24, 2.45) is 0 Å². The topological polar surface area (TPSA) is 43.8 Å². The number of fused-ring (bicyclic) bond motifs is 1. The zero-order valence-corrected chi connectivity index (χ0v) is 11.0. The van der Waals surface area contributed by atoms with E-state index in [1.54, 1.807) is 19.0 Å². The Balaban J connectivity index is 2.07. The monoisotopic (exact) mass is 248 g/mol. The van der Waals surface area contributed by atoms with Crippen molar-refractivity contribution in [2.75, 3.05) is 32.1 Å². The van der Waals surface area contributed by atoms with Crippen LogP contribution in [-0.2, 0) is 4.79 Å². The molecule has 1 aliphatic heterocycles. The van der Waals surface area contributed by atoms with Crippen LogP contribution in [0.5, 0.6) is 0 Å². The summed E-state index contributed by atoms with van der Waals surface area (Å²) in [6.45, 7) is 1.51. The fourth-order valence-electron chi connectivity index (χ4n) is 2.30. The van der Waals surface area contributed by atoms with Gasteiger partial charge >= 0.3 is 0 Å². The molecule has 18 heavy (non-hydrogen) atoms. The average molecular weight is 248 g/mol. The zero-order valence-electron chi connectivity index (χ0n) is 11.0. The Morgan fingerprint density at radius 3 is 2.89 bits per heavy atom. The first kappa shape index (κ1) is 12.9. The number of aliphatic hydroxyl groups excluding tert-OH is 1. The molecule has 1 aromatic rings. The Kier molecular flexibility index (Phi) is 3.87. The van der Waals surface area contributed by atoms with Crippen LogP contribution in [0, 0.1) is 0 Å². The predicted octanol–water partition coefficient (Wildman–Crippen LogP) is 1.41. The molecular formula is C14H20N2O2. The normalized spacial score (nSPS) is 18.4. The van der Waals surface area contributed by atoms with Crippen molar-refractivity contribution in [1.29, 1.82) is 0 Å². The van der Waals surface area contributed by atoms with Crippen LogP contribution < -0.4 is 4.90 Å². The van der Waals surface area contributed by atoms with Gasteiger partial charge in [0, 0.05) is 44.9 Å². The highest BCUT2D eigenvalue weighted by Gasteiger charge is 2.23. The molecule has 0 spiro atoms. The fourth-order valence-corrected chi connectivity index (χ4v) is 2.30. The first-order valence-corrected chi connectivity index (χ1v) is 6.31. The van der Waals surface area contributed by atoms with Gasteiger partial charge in [-0.3, -0.25) is 4.79 Å². The molecule has 98 valence electrons. The number of para-hydroxylation sites is 1. The van der Waals surface area contributed by atoms with E-state index in [-0.39, 0.29) is 12.0 Å². The maximum Gasteiger partial charge on any atom is 0.223 e. The zero-order chi connectivity index (χ0) is 13.1. The molecule has 0 saturated carbocycles. The molecule has 0 radical (unpaired) electrons. The van der Waals surface area contributed by atoms with E-state index >= 15 is 0 Å². The molecule has 1 N–H and O–H groups in total. The minimum atomic E-state index is -0.373. The lowest BCUT2D eigenvalue weighted by molar-refractivity contribution is -0.128. The number of aliphatic hydroxyl groups is 1. The van der Waals surface area contributed by atoms with Gasteiger partial charge in [-0.25, -0.2) is 0 Å². The lowest BCUT2D eigenvalue weighted by Gasteiger charge is -2.33. The lowest BCUT2D eigenvalue weighted by Crippen LogP contribution is -2.34. The van der Waals surface area contributed by atoms with E-state index in [2.05, 4.69) is 4.90 Å². The van der Waals surface area contributed by atoms with E-state index in [1.807, 2.05) is 24.3 Å². The third-order valence-electron chi connectivity index (χ3n) is 3.40. The molecule has 0 saturated heterocycles. The molecule has 0 bridgehead atoms. The number of carbonyl (C=O) groups is 1. The summed E-state index contributed by atoms with van der Waals surface area (Å²) in [5.41, 5.74) is 2.03. The Hall–Kier alpha value is -1.55. The maximum absolute atomic E-state index is 11.6. The minimum Gasteiger partial charge on any atom is -0.388 e. The Morgan fingerprint density at radius 2 is 2.17 bits per heavy atom. The molecule has 0 fully saturated rings. The smallest absolute Gasteiger partial charge is 0.223 e. The van der Waals surface area contributed by atoms with Crippen LogP contribution in [0.25, 0.3) is 0 Å². The Labute approximate surface area is 108 Å². The number of rotatable bonds is 3. The summed E-state index contributed by atoms with van der Waals surface area (Å²) in [5.74, 6) is 0.138. The third-order valence-corrected chi connectivity index (χ3v) is 3.40. The summed E-state index contributed by atoms with van der Waals surface area (Å²) in [5, 5.41) is 9.94. The fraction of sp³-hybridized carbons (Fsp3) is 0.500. The van der Waals surface area contributed by atoms with E-state index in [0.717, 1.165) is 24.2 Å². The van der Waals surface area contributed by atoms with Crippen molar-refractivity contribution in [3.05, 3.63) is 29.8 Å². The second-order valence-corrected chi connectivity index (χ2v) is 4.89. The molecule has 2 rings (SSSR count). The van der Waals surface area contributed by atoms with Crippen molar-refractivity contribution in [3.8, 4) is 0 Å². The molecule has 1 aromatic carbocycles. The second-order valence-electron chi connectivity index (χ2n) is 4.89. The molecule has 1 aliphatic rings. The molecule has 1 amide bonds. The highest BCUT2D eigenvalue weighted by Crippen LogP contribution is 2.33. The van der Waals surface area contributed by atoms with E-state index in [9.17, 15) is 9.90 Å². The van der Waals surface area contributed by atoms with Gasteiger partial charge in [0.15, 0.2) is 0 Å². The van der Waals surface area contributed by atoms with Gasteiger partial charge in [-0.05, 0) is 12.5 Å². The SMILES string of the molecule is CN(C)C(=O)CCN1CCC(O)c2ccccc21. The number of benzene rings is 1. The third kappa shape index (κ3) is 2.64. The summed E-state index contributed by atoms with van der Waals surface area (Å²) < 4.78 is 0. The van der Waals surface area contributed by atoms with Crippen LogP contribution in [0.3, 0.4) is 0 Å². The van der Waals surface area contributed by atoms with Crippen LogP contribution in [0.2, 0.25) is 0 Å². The van der Waals surface area contributed by atoms with Gasteiger partial charge in [-0.15, -0.1) is 0 Å². The average Bonchev–Trinajstić information content (AvgIpc) is 2.38. The van der Waals surface area contributed by atoms with Crippen molar-refractivity contribution in [1.82, 2.24) is 4.90 Å². The highest BCUT2D eigenvalue weighted by atomic mass is 16.3. The quantitative estimate of drug-likeness (QED) is 0.879. The van der Waals surface area contributed by atoms with Gasteiger partial charge in [0.2, 0.25) is 5.91 Å². The van der Waals surface area contributed by atoms with Crippen LogP contribution >= 0.6 is 0 Å². The molecule has 4 nitrogen and oxygen atoms in total. The maximum atomic E-state index is 11.6. The van der Waals surface area contributed by atoms with Crippen LogP contribution in [0.4, 0.5) is 5.69 Å². The van der Waals surface area contributed by atoms with Crippen molar-refractivity contribution in [2.45, 2.75) is 18.9 Å². The Bertz CT molecular complexity index is 432. The largest absolute Gasteiger partial charge is 0.388 e. The summed E-state index contributed by atoms with van der Waals surface area (Å²) in [7, 11) is 3.55. The van der Waals surface area contributed by atoms with E-state index in [1.165, 1.54) is 0 Å². The molecule has 0 aromatic heterocycles. The van der Waals surface area contributed by atoms with Gasteiger partial charge in [0.1, 0.15) is 0 Å². The molecule has 1 atom stereocenters. The number of amides is 1. The molecular weight excluding hydrogens is 228 g/mol. The summed E-state index contributed by atoms with van der Waals surface area (Å²) >= 11 is 0. The molecule has 1 unspecified atom stereocenters. The van der Waals surface area contributed by atoms with E-state index in [0.29, 0.717) is 13.0 Å². The van der Waals surface area contributed by atoms with Gasteiger partial charge in [0.05, 0.1) is 6.10 Å². The van der Waals surface area contributed by atoms with E-state index in [4.69, 9.17) is 0 Å². The summed E-state index contributed by atoms with van der Waals surface area (Å²) in [6.07, 6.45) is 0.868. The number of hydrogen-bond acceptors (Lipinski definition) is 3. The van der Waals surface area contributed by atoms with Crippen molar-refractivity contribution in [3.63, 3.8) is 0 Å². The minimum absolute atomic E-state index is 0.138. The molecule has 1 heterocycles.